The number of nitrogens with one attached hydrogen (secondary N) is 3. The van der Waals surface area contributed by atoms with E-state index in [0.29, 0.717) is 36.3 Å². The lowest BCUT2D eigenvalue weighted by atomic mass is 9.73. The number of carbonyl (C=O) groups is 2. The van der Waals surface area contributed by atoms with Crippen molar-refractivity contribution in [3.8, 4) is 5.75 Å². The van der Waals surface area contributed by atoms with E-state index in [9.17, 15) is 14.0 Å². The van der Waals surface area contributed by atoms with Crippen LogP contribution in [0.2, 0.25) is 0 Å². The molecule has 2 heterocycles. The summed E-state index contributed by atoms with van der Waals surface area (Å²) in [4.78, 5) is 24.3. The molecule has 7 heteroatoms. The van der Waals surface area contributed by atoms with Gasteiger partial charge in [-0.15, -0.1) is 0 Å². The van der Waals surface area contributed by atoms with E-state index >= 15 is 0 Å². The van der Waals surface area contributed by atoms with Crippen molar-refractivity contribution in [2.45, 2.75) is 50.2 Å². The maximum atomic E-state index is 13.8. The Hall–Kier alpha value is -3.09. The van der Waals surface area contributed by atoms with Gasteiger partial charge in [-0.05, 0) is 61.6 Å². The molecule has 3 amide bonds. The molecule has 0 saturated heterocycles. The first-order valence-corrected chi connectivity index (χ1v) is 9.98. The average Bonchev–Trinajstić information content (AvgIpc) is 2.66. The molecule has 6 nitrogen and oxygen atoms in total. The normalized spacial score (nSPS) is 21.1. The Morgan fingerprint density at radius 1 is 1.17 bits per heavy atom. The lowest BCUT2D eigenvalue weighted by molar-refractivity contribution is -0.116. The zero-order valence-corrected chi connectivity index (χ0v) is 15.9. The van der Waals surface area contributed by atoms with Crippen molar-refractivity contribution in [1.82, 2.24) is 5.32 Å². The van der Waals surface area contributed by atoms with Gasteiger partial charge in [0.15, 0.2) is 0 Å². The molecule has 2 aromatic rings. The highest BCUT2D eigenvalue weighted by Gasteiger charge is 2.46. The Balaban J connectivity index is 1.33. The van der Waals surface area contributed by atoms with Crippen LogP contribution in [0.25, 0.3) is 0 Å². The topological polar surface area (TPSA) is 79.5 Å². The summed E-state index contributed by atoms with van der Waals surface area (Å²) in [5.74, 6) is 0.263. The minimum absolute atomic E-state index is 0.0225. The van der Waals surface area contributed by atoms with E-state index in [-0.39, 0.29) is 29.4 Å². The zero-order valence-electron chi connectivity index (χ0n) is 15.9. The Morgan fingerprint density at radius 3 is 2.83 bits per heavy atom. The molecule has 2 aromatic carbocycles. The average molecular weight is 395 g/mol. The second kappa shape index (κ2) is 6.76. The number of aryl methyl sites for hydroxylation is 1. The SMILES string of the molecule is O=C1CCc2ccc(NC(=O)N[C@@H]3CC4(CCC4)Oc4ccc(F)cc43)cc2N1. The standard InChI is InChI=1S/C22H22FN3O3/c23-14-4-6-19-16(10-14)18(12-22(29-19)8-1-9-22)26-21(28)24-15-5-2-13-3-7-20(27)25-17(13)11-15/h2,4-6,10-11,18H,1,3,7-9,12H2,(H,25,27)(H2,24,26,28)/t18-/m1/s1. The molecular weight excluding hydrogens is 373 g/mol. The van der Waals surface area contributed by atoms with Gasteiger partial charge in [-0.2, -0.15) is 0 Å². The summed E-state index contributed by atoms with van der Waals surface area (Å²) in [7, 11) is 0. The zero-order chi connectivity index (χ0) is 20.0. The second-order valence-corrected chi connectivity index (χ2v) is 8.10. The largest absolute Gasteiger partial charge is 0.487 e. The first-order valence-electron chi connectivity index (χ1n) is 9.98. The summed E-state index contributed by atoms with van der Waals surface area (Å²) >= 11 is 0. The number of carbonyl (C=O) groups excluding carboxylic acids is 2. The van der Waals surface area contributed by atoms with E-state index in [1.54, 1.807) is 12.1 Å². The number of halogens is 1. The van der Waals surface area contributed by atoms with Gasteiger partial charge in [0.05, 0.1) is 6.04 Å². The van der Waals surface area contributed by atoms with Crippen molar-refractivity contribution in [2.24, 2.45) is 0 Å². The highest BCUT2D eigenvalue weighted by Crippen LogP contribution is 2.48. The quantitative estimate of drug-likeness (QED) is 0.710. The van der Waals surface area contributed by atoms with Crippen LogP contribution in [0, 0.1) is 5.82 Å². The first kappa shape index (κ1) is 18.0. The molecule has 5 rings (SSSR count). The van der Waals surface area contributed by atoms with E-state index in [0.717, 1.165) is 30.5 Å². The number of ether oxygens (including phenoxy) is 1. The molecule has 29 heavy (non-hydrogen) atoms. The predicted octanol–water partition coefficient (Wildman–Crippen LogP) is 4.28. The maximum Gasteiger partial charge on any atom is 0.319 e. The molecule has 150 valence electrons. The summed E-state index contributed by atoms with van der Waals surface area (Å²) in [6, 6.07) is 9.25. The van der Waals surface area contributed by atoms with Gasteiger partial charge in [-0.3, -0.25) is 4.79 Å². The number of benzene rings is 2. The van der Waals surface area contributed by atoms with Crippen molar-refractivity contribution in [2.75, 3.05) is 10.6 Å². The molecule has 3 N–H and O–H groups in total. The van der Waals surface area contributed by atoms with Crippen LogP contribution in [0.1, 0.15) is 49.3 Å². The van der Waals surface area contributed by atoms with Gasteiger partial charge in [-0.1, -0.05) is 6.07 Å². The lowest BCUT2D eigenvalue weighted by Crippen LogP contribution is -2.50. The Kier molecular flexibility index (Phi) is 4.19. The molecule has 1 spiro atoms. The summed E-state index contributed by atoms with van der Waals surface area (Å²) in [6.07, 6.45) is 4.76. The van der Waals surface area contributed by atoms with E-state index in [4.69, 9.17) is 4.74 Å². The lowest BCUT2D eigenvalue weighted by Gasteiger charge is -2.48. The number of hydrogen-bond donors (Lipinski definition) is 3. The van der Waals surface area contributed by atoms with Crippen LogP contribution in [0.5, 0.6) is 5.75 Å². The van der Waals surface area contributed by atoms with Gasteiger partial charge in [0.25, 0.3) is 0 Å². The third kappa shape index (κ3) is 3.41. The minimum atomic E-state index is -0.372. The molecule has 3 aliphatic rings. The van der Waals surface area contributed by atoms with Gasteiger partial charge in [0, 0.05) is 29.8 Å². The molecule has 0 aromatic heterocycles. The van der Waals surface area contributed by atoms with Gasteiger partial charge in [-0.25, -0.2) is 9.18 Å². The summed E-state index contributed by atoms with van der Waals surface area (Å²) in [5.41, 5.74) is 2.77. The Bertz CT molecular complexity index is 1000. The number of urea groups is 1. The van der Waals surface area contributed by atoms with Crippen molar-refractivity contribution >= 4 is 23.3 Å². The van der Waals surface area contributed by atoms with Crippen molar-refractivity contribution in [3.05, 3.63) is 53.3 Å². The molecule has 1 fully saturated rings. The third-order valence-corrected chi connectivity index (χ3v) is 6.08. The summed E-state index contributed by atoms with van der Waals surface area (Å²) in [5, 5.41) is 8.64. The van der Waals surface area contributed by atoms with Crippen LogP contribution in [0.3, 0.4) is 0 Å². The van der Waals surface area contributed by atoms with E-state index in [2.05, 4.69) is 16.0 Å². The van der Waals surface area contributed by atoms with Gasteiger partial charge >= 0.3 is 6.03 Å². The van der Waals surface area contributed by atoms with Crippen LogP contribution < -0.4 is 20.7 Å². The molecule has 1 aliphatic carbocycles. The fourth-order valence-corrected chi connectivity index (χ4v) is 4.42. The van der Waals surface area contributed by atoms with Crippen LogP contribution in [-0.2, 0) is 11.2 Å². The molecule has 2 aliphatic heterocycles. The summed E-state index contributed by atoms with van der Waals surface area (Å²) in [6.45, 7) is 0. The fourth-order valence-electron chi connectivity index (χ4n) is 4.42. The smallest absolute Gasteiger partial charge is 0.319 e. The number of hydrogen-bond acceptors (Lipinski definition) is 3. The van der Waals surface area contributed by atoms with Crippen molar-refractivity contribution in [3.63, 3.8) is 0 Å². The Morgan fingerprint density at radius 2 is 2.03 bits per heavy atom. The van der Waals surface area contributed by atoms with Gasteiger partial charge < -0.3 is 20.7 Å². The molecule has 1 saturated carbocycles. The highest BCUT2D eigenvalue weighted by atomic mass is 19.1. The van der Waals surface area contributed by atoms with Gasteiger partial charge in [0.2, 0.25) is 5.91 Å². The van der Waals surface area contributed by atoms with Gasteiger partial charge in [0.1, 0.15) is 17.2 Å². The minimum Gasteiger partial charge on any atom is -0.487 e. The van der Waals surface area contributed by atoms with Crippen LogP contribution in [0.4, 0.5) is 20.6 Å². The third-order valence-electron chi connectivity index (χ3n) is 6.08. The van der Waals surface area contributed by atoms with Crippen molar-refractivity contribution in [1.29, 1.82) is 0 Å². The number of fused-ring (bicyclic) bond motifs is 2. The second-order valence-electron chi connectivity index (χ2n) is 8.10. The molecule has 1 atom stereocenters. The Labute approximate surface area is 167 Å². The predicted molar refractivity (Wildman–Crippen MR) is 107 cm³/mol. The van der Waals surface area contributed by atoms with E-state index in [1.807, 2.05) is 12.1 Å². The van der Waals surface area contributed by atoms with Crippen LogP contribution in [-0.4, -0.2) is 17.5 Å². The number of rotatable bonds is 2. The van der Waals surface area contributed by atoms with Crippen molar-refractivity contribution < 1.29 is 18.7 Å². The maximum absolute atomic E-state index is 13.8. The van der Waals surface area contributed by atoms with E-state index in [1.165, 1.54) is 12.1 Å². The highest BCUT2D eigenvalue weighted by molar-refractivity contribution is 5.96. The van der Waals surface area contributed by atoms with Crippen LogP contribution >= 0.6 is 0 Å². The van der Waals surface area contributed by atoms with Crippen LogP contribution in [0.15, 0.2) is 36.4 Å². The van der Waals surface area contributed by atoms with E-state index < -0.39 is 0 Å². The molecule has 0 radical (unpaired) electrons. The fraction of sp³-hybridized carbons (Fsp3) is 0.364. The molecular formula is C22H22FN3O3. The molecule has 0 bridgehead atoms. The summed E-state index contributed by atoms with van der Waals surface area (Å²) < 4.78 is 19.9. The number of anilines is 2. The number of amides is 3. The monoisotopic (exact) mass is 395 g/mol. The first-order chi connectivity index (χ1) is 14.0. The molecule has 0 unspecified atom stereocenters.